The van der Waals surface area contributed by atoms with Crippen molar-refractivity contribution in [2.45, 2.75) is 26.0 Å². The highest BCUT2D eigenvalue weighted by Crippen LogP contribution is 2.28. The molecule has 1 heterocycles. The van der Waals surface area contributed by atoms with Crippen LogP contribution in [0.5, 0.6) is 5.75 Å². The highest BCUT2D eigenvalue weighted by Gasteiger charge is 2.18. The van der Waals surface area contributed by atoms with Gasteiger partial charge in [-0.05, 0) is 26.1 Å². The maximum atomic E-state index is 12.5. The van der Waals surface area contributed by atoms with Crippen molar-refractivity contribution in [3.05, 3.63) is 47.3 Å². The molecule has 114 valence electrons. The maximum Gasteiger partial charge on any atom is 0.387 e. The number of alkyl halides is 2. The van der Waals surface area contributed by atoms with Crippen molar-refractivity contribution in [2.24, 2.45) is 7.05 Å². The molecule has 0 aliphatic rings. The second kappa shape index (κ2) is 6.67. The van der Waals surface area contributed by atoms with Crippen LogP contribution in [0.1, 0.15) is 23.0 Å². The topological polar surface area (TPSA) is 39.1 Å². The number of ether oxygens (including phenoxy) is 1. The summed E-state index contributed by atoms with van der Waals surface area (Å²) in [7, 11) is 3.67. The average molecular weight is 295 g/mol. The number of aromatic nitrogens is 2. The van der Waals surface area contributed by atoms with E-state index in [0.717, 1.165) is 11.4 Å². The molecule has 21 heavy (non-hydrogen) atoms. The van der Waals surface area contributed by atoms with Gasteiger partial charge in [0.25, 0.3) is 0 Å². The first-order valence-corrected chi connectivity index (χ1v) is 6.71. The minimum atomic E-state index is -2.83. The summed E-state index contributed by atoms with van der Waals surface area (Å²) in [5.41, 5.74) is 2.66. The molecule has 0 spiro atoms. The maximum absolute atomic E-state index is 12.5. The first kappa shape index (κ1) is 15.4. The quantitative estimate of drug-likeness (QED) is 0.890. The Labute approximate surface area is 122 Å². The van der Waals surface area contributed by atoms with Crippen LogP contribution in [0.4, 0.5) is 8.78 Å². The summed E-state index contributed by atoms with van der Waals surface area (Å²) in [6.45, 7) is -0.909. The molecule has 1 atom stereocenters. The number of para-hydroxylation sites is 1. The Morgan fingerprint density at radius 2 is 2.05 bits per heavy atom. The van der Waals surface area contributed by atoms with Crippen LogP contribution in [-0.4, -0.2) is 23.4 Å². The van der Waals surface area contributed by atoms with Crippen LogP contribution in [0.2, 0.25) is 0 Å². The highest BCUT2D eigenvalue weighted by atomic mass is 19.3. The van der Waals surface area contributed by atoms with Gasteiger partial charge in [0.2, 0.25) is 0 Å². The molecule has 0 saturated heterocycles. The molecule has 1 aromatic carbocycles. The van der Waals surface area contributed by atoms with Gasteiger partial charge in [0.1, 0.15) is 5.75 Å². The summed E-state index contributed by atoms with van der Waals surface area (Å²) in [5, 5.41) is 7.45. The molecular weight excluding hydrogens is 276 g/mol. The van der Waals surface area contributed by atoms with Crippen LogP contribution in [0.25, 0.3) is 0 Å². The monoisotopic (exact) mass is 295 g/mol. The second-order valence-corrected chi connectivity index (χ2v) is 4.86. The first-order valence-electron chi connectivity index (χ1n) is 6.71. The number of benzene rings is 1. The van der Waals surface area contributed by atoms with E-state index in [1.165, 1.54) is 0 Å². The highest BCUT2D eigenvalue weighted by molar-refractivity contribution is 5.36. The zero-order valence-electron chi connectivity index (χ0n) is 12.3. The van der Waals surface area contributed by atoms with Crippen LogP contribution in [0.3, 0.4) is 0 Å². The molecule has 0 saturated carbocycles. The molecule has 0 radical (unpaired) electrons. The number of aryl methyl sites for hydroxylation is 2. The lowest BCUT2D eigenvalue weighted by atomic mass is 10.0. The Kier molecular flexibility index (Phi) is 4.90. The van der Waals surface area contributed by atoms with Crippen molar-refractivity contribution in [3.63, 3.8) is 0 Å². The lowest BCUT2D eigenvalue weighted by molar-refractivity contribution is -0.0507. The fourth-order valence-corrected chi connectivity index (χ4v) is 2.40. The van der Waals surface area contributed by atoms with E-state index in [2.05, 4.69) is 15.2 Å². The molecule has 6 heteroatoms. The van der Waals surface area contributed by atoms with Crippen LogP contribution < -0.4 is 10.1 Å². The smallest absolute Gasteiger partial charge is 0.387 e. The first-order chi connectivity index (χ1) is 10.0. The lowest BCUT2D eigenvalue weighted by Crippen LogP contribution is -2.21. The molecular formula is C15H19F2N3O. The number of likely N-dealkylation sites (N-methyl/N-ethyl adjacent to an activating group) is 1. The molecule has 0 bridgehead atoms. The van der Waals surface area contributed by atoms with Crippen LogP contribution >= 0.6 is 0 Å². The molecule has 2 rings (SSSR count). The summed E-state index contributed by atoms with van der Waals surface area (Å²) in [6.07, 6.45) is 0.636. The van der Waals surface area contributed by atoms with E-state index in [-0.39, 0.29) is 11.8 Å². The van der Waals surface area contributed by atoms with Crippen LogP contribution in [0.15, 0.2) is 30.3 Å². The zero-order chi connectivity index (χ0) is 15.4. The minimum absolute atomic E-state index is 0.130. The van der Waals surface area contributed by atoms with Crippen LogP contribution in [-0.2, 0) is 13.5 Å². The van der Waals surface area contributed by atoms with Crippen molar-refractivity contribution in [2.75, 3.05) is 7.05 Å². The molecule has 1 unspecified atom stereocenters. The van der Waals surface area contributed by atoms with Crippen molar-refractivity contribution >= 4 is 0 Å². The van der Waals surface area contributed by atoms with Gasteiger partial charge in [0, 0.05) is 30.8 Å². The van der Waals surface area contributed by atoms with E-state index in [4.69, 9.17) is 0 Å². The van der Waals surface area contributed by atoms with Crippen LogP contribution in [0, 0.1) is 6.92 Å². The van der Waals surface area contributed by atoms with E-state index >= 15 is 0 Å². The number of hydrogen-bond donors (Lipinski definition) is 1. The Morgan fingerprint density at radius 1 is 1.33 bits per heavy atom. The normalized spacial score (nSPS) is 12.7. The van der Waals surface area contributed by atoms with E-state index in [9.17, 15) is 8.78 Å². The van der Waals surface area contributed by atoms with Gasteiger partial charge in [-0.15, -0.1) is 0 Å². The fraction of sp³-hybridized carbons (Fsp3) is 0.400. The van der Waals surface area contributed by atoms with Gasteiger partial charge in [-0.25, -0.2) is 0 Å². The third-order valence-corrected chi connectivity index (χ3v) is 3.37. The number of halogens is 2. The van der Waals surface area contributed by atoms with Crippen molar-refractivity contribution in [3.8, 4) is 5.75 Å². The molecule has 0 amide bonds. The van der Waals surface area contributed by atoms with Crippen molar-refractivity contribution in [1.29, 1.82) is 0 Å². The fourth-order valence-electron chi connectivity index (χ4n) is 2.40. The standard InChI is InChI=1S/C15H19F2N3O/c1-10-8-11(20(3)19-10)9-13(18-2)12-6-4-5-7-14(12)21-15(16)17/h4-8,13,15,18H,9H2,1-3H3. The average Bonchev–Trinajstić information content (AvgIpc) is 2.74. The summed E-state index contributed by atoms with van der Waals surface area (Å²) in [4.78, 5) is 0. The number of nitrogens with one attached hydrogen (secondary N) is 1. The number of nitrogens with zero attached hydrogens (tertiary/aromatic N) is 2. The molecule has 4 nitrogen and oxygen atoms in total. The van der Waals surface area contributed by atoms with E-state index < -0.39 is 6.61 Å². The third kappa shape index (κ3) is 3.78. The Balaban J connectivity index is 2.27. The largest absolute Gasteiger partial charge is 0.434 e. The van der Waals surface area contributed by atoms with Gasteiger partial charge in [0.15, 0.2) is 0 Å². The SMILES string of the molecule is CNC(Cc1cc(C)nn1C)c1ccccc1OC(F)F. The Morgan fingerprint density at radius 3 is 2.62 bits per heavy atom. The molecule has 0 aliphatic heterocycles. The van der Waals surface area contributed by atoms with Gasteiger partial charge in [-0.1, -0.05) is 18.2 Å². The van der Waals surface area contributed by atoms with Crippen molar-refractivity contribution in [1.82, 2.24) is 15.1 Å². The Bertz CT molecular complexity index is 598. The molecule has 0 fully saturated rings. The van der Waals surface area contributed by atoms with E-state index in [1.54, 1.807) is 29.9 Å². The van der Waals surface area contributed by atoms with Gasteiger partial charge < -0.3 is 10.1 Å². The lowest BCUT2D eigenvalue weighted by Gasteiger charge is -2.20. The zero-order valence-corrected chi connectivity index (χ0v) is 12.3. The number of rotatable bonds is 6. The van der Waals surface area contributed by atoms with E-state index in [0.29, 0.717) is 12.0 Å². The van der Waals surface area contributed by atoms with Gasteiger partial charge in [-0.2, -0.15) is 13.9 Å². The molecule has 1 aromatic heterocycles. The molecule has 2 aromatic rings. The Hall–Kier alpha value is -1.95. The van der Waals surface area contributed by atoms with Gasteiger partial charge in [-0.3, -0.25) is 4.68 Å². The predicted molar refractivity (Wildman–Crippen MR) is 76.5 cm³/mol. The number of hydrogen-bond acceptors (Lipinski definition) is 3. The summed E-state index contributed by atoms with van der Waals surface area (Å²) in [6, 6.07) is 8.70. The summed E-state index contributed by atoms with van der Waals surface area (Å²) < 4.78 is 31.4. The minimum Gasteiger partial charge on any atom is -0.434 e. The van der Waals surface area contributed by atoms with Gasteiger partial charge >= 0.3 is 6.61 Å². The summed E-state index contributed by atoms with van der Waals surface area (Å²) >= 11 is 0. The summed E-state index contributed by atoms with van der Waals surface area (Å²) in [5.74, 6) is 0.200. The molecule has 0 aliphatic carbocycles. The van der Waals surface area contributed by atoms with Crippen molar-refractivity contribution < 1.29 is 13.5 Å². The predicted octanol–water partition coefficient (Wildman–Crippen LogP) is 2.83. The van der Waals surface area contributed by atoms with E-state index in [1.807, 2.05) is 26.1 Å². The van der Waals surface area contributed by atoms with Gasteiger partial charge in [0.05, 0.1) is 5.69 Å². The second-order valence-electron chi connectivity index (χ2n) is 4.86. The third-order valence-electron chi connectivity index (χ3n) is 3.37. The molecule has 1 N–H and O–H groups in total.